The van der Waals surface area contributed by atoms with Crippen molar-refractivity contribution in [1.82, 2.24) is 0 Å². The Bertz CT molecular complexity index is 103. The molecule has 8 heavy (non-hydrogen) atoms. The molecular weight excluding hydrogens is 100 g/mol. The molecule has 0 radical (unpaired) electrons. The monoisotopic (exact) mass is 110 g/mol. The van der Waals surface area contributed by atoms with Crippen molar-refractivity contribution in [3.63, 3.8) is 0 Å². The van der Waals surface area contributed by atoms with Crippen molar-refractivity contribution in [3.8, 4) is 0 Å². The molecule has 0 unspecified atom stereocenters. The quantitative estimate of drug-likeness (QED) is 0.393. The van der Waals surface area contributed by atoms with Gasteiger partial charge in [-0.05, 0) is 13.0 Å². The van der Waals surface area contributed by atoms with Crippen molar-refractivity contribution < 1.29 is 0 Å². The molecule has 0 saturated carbocycles. The van der Waals surface area contributed by atoms with Gasteiger partial charge in [-0.2, -0.15) is 10.2 Å². The van der Waals surface area contributed by atoms with E-state index in [4.69, 9.17) is 0 Å². The van der Waals surface area contributed by atoms with Gasteiger partial charge < -0.3 is 0 Å². The van der Waals surface area contributed by atoms with E-state index in [-0.39, 0.29) is 0 Å². The van der Waals surface area contributed by atoms with Crippen LogP contribution in [-0.4, -0.2) is 6.54 Å². The van der Waals surface area contributed by atoms with Gasteiger partial charge in [-0.1, -0.05) is 12.7 Å². The maximum Gasteiger partial charge on any atom is 0.0574 e. The van der Waals surface area contributed by atoms with Crippen LogP contribution in [-0.2, 0) is 0 Å². The zero-order valence-electron chi connectivity index (χ0n) is 5.04. The highest BCUT2D eigenvalue weighted by Crippen LogP contribution is 1.77. The number of hydrogen-bond acceptors (Lipinski definition) is 2. The van der Waals surface area contributed by atoms with Crippen LogP contribution < -0.4 is 0 Å². The normalized spacial score (nSPS) is 11.1. The van der Waals surface area contributed by atoms with Gasteiger partial charge in [0.05, 0.1) is 6.54 Å². The molecule has 0 spiro atoms. The molecule has 0 aromatic heterocycles. The van der Waals surface area contributed by atoms with E-state index >= 15 is 0 Å². The number of nitrogens with zero attached hydrogens (tertiary/aromatic N) is 2. The topological polar surface area (TPSA) is 24.7 Å². The Balaban J connectivity index is 3.26. The minimum atomic E-state index is 0.738. The van der Waals surface area contributed by atoms with Crippen LogP contribution in [0.4, 0.5) is 0 Å². The fraction of sp³-hybridized carbons (Fsp3) is 0.333. The standard InChI is InChI=1S/C6H10N2/c1-3-5-6-8-7-4-2/h3,5-6H,1,4H2,2H3/b6-5-,8-7?. The second-order valence-electron chi connectivity index (χ2n) is 1.15. The van der Waals surface area contributed by atoms with Gasteiger partial charge >= 0.3 is 0 Å². The molecule has 0 aliphatic carbocycles. The van der Waals surface area contributed by atoms with Gasteiger partial charge in [-0.3, -0.25) is 0 Å². The van der Waals surface area contributed by atoms with Crippen molar-refractivity contribution in [2.24, 2.45) is 10.2 Å². The lowest BCUT2D eigenvalue weighted by Crippen LogP contribution is -1.58. The highest BCUT2D eigenvalue weighted by atomic mass is 15.1. The third kappa shape index (κ3) is 5.08. The van der Waals surface area contributed by atoms with E-state index in [1.165, 1.54) is 0 Å². The third-order valence-corrected chi connectivity index (χ3v) is 0.512. The van der Waals surface area contributed by atoms with Gasteiger partial charge in [0.25, 0.3) is 0 Å². The van der Waals surface area contributed by atoms with E-state index in [0.29, 0.717) is 0 Å². The molecule has 0 rings (SSSR count). The van der Waals surface area contributed by atoms with Crippen molar-refractivity contribution >= 4 is 0 Å². The molecular formula is C6H10N2. The van der Waals surface area contributed by atoms with Crippen LogP contribution in [0.5, 0.6) is 0 Å². The first-order valence-corrected chi connectivity index (χ1v) is 2.56. The molecule has 0 bridgehead atoms. The second kappa shape index (κ2) is 6.08. The Morgan fingerprint density at radius 1 is 1.62 bits per heavy atom. The Morgan fingerprint density at radius 2 is 2.38 bits per heavy atom. The Hall–Kier alpha value is -0.920. The molecule has 0 N–H and O–H groups in total. The minimum Gasteiger partial charge on any atom is -0.190 e. The minimum absolute atomic E-state index is 0.738. The summed E-state index contributed by atoms with van der Waals surface area (Å²) in [6.07, 6.45) is 5.00. The maximum absolute atomic E-state index is 3.70. The van der Waals surface area contributed by atoms with Crippen molar-refractivity contribution in [2.75, 3.05) is 6.54 Å². The number of rotatable bonds is 3. The summed E-state index contributed by atoms with van der Waals surface area (Å²) in [6, 6.07) is 0. The summed E-state index contributed by atoms with van der Waals surface area (Å²) in [5, 5.41) is 7.35. The molecule has 0 aromatic carbocycles. The highest BCUT2D eigenvalue weighted by Gasteiger charge is 1.59. The molecule has 0 amide bonds. The summed E-state index contributed by atoms with van der Waals surface area (Å²) in [6.45, 7) is 6.14. The summed E-state index contributed by atoms with van der Waals surface area (Å²) in [5.41, 5.74) is 0. The van der Waals surface area contributed by atoms with Gasteiger partial charge in [0, 0.05) is 6.20 Å². The highest BCUT2D eigenvalue weighted by molar-refractivity contribution is 4.95. The van der Waals surface area contributed by atoms with E-state index in [1.54, 1.807) is 18.4 Å². The van der Waals surface area contributed by atoms with Gasteiger partial charge in [-0.15, -0.1) is 0 Å². The molecule has 0 aromatic rings. The SMILES string of the molecule is C=C/C=C\N=NCC. The largest absolute Gasteiger partial charge is 0.190 e. The van der Waals surface area contributed by atoms with Gasteiger partial charge in [0.2, 0.25) is 0 Å². The van der Waals surface area contributed by atoms with Crippen molar-refractivity contribution in [1.29, 1.82) is 0 Å². The molecule has 0 aliphatic rings. The Kier molecular flexibility index (Phi) is 5.38. The van der Waals surface area contributed by atoms with Crippen LogP contribution in [0.25, 0.3) is 0 Å². The lowest BCUT2D eigenvalue weighted by molar-refractivity contribution is 1.00. The van der Waals surface area contributed by atoms with E-state index < -0.39 is 0 Å². The van der Waals surface area contributed by atoms with Gasteiger partial charge in [0.15, 0.2) is 0 Å². The summed E-state index contributed by atoms with van der Waals surface area (Å²) in [5.74, 6) is 0. The van der Waals surface area contributed by atoms with Crippen LogP contribution in [0, 0.1) is 0 Å². The summed E-state index contributed by atoms with van der Waals surface area (Å²) < 4.78 is 0. The first-order valence-electron chi connectivity index (χ1n) is 2.56. The number of hydrogen-bond donors (Lipinski definition) is 0. The number of azo groups is 1. The summed E-state index contributed by atoms with van der Waals surface area (Å²) in [7, 11) is 0. The van der Waals surface area contributed by atoms with Gasteiger partial charge in [0.1, 0.15) is 0 Å². The molecule has 44 valence electrons. The maximum atomic E-state index is 3.70. The lowest BCUT2D eigenvalue weighted by atomic mass is 10.6. The van der Waals surface area contributed by atoms with Crippen LogP contribution in [0.1, 0.15) is 6.92 Å². The predicted octanol–water partition coefficient (Wildman–Crippen LogP) is 2.16. The zero-order valence-corrected chi connectivity index (χ0v) is 5.04. The average molecular weight is 110 g/mol. The second-order valence-corrected chi connectivity index (χ2v) is 1.15. The summed E-state index contributed by atoms with van der Waals surface area (Å²) in [4.78, 5) is 0. The van der Waals surface area contributed by atoms with Crippen LogP contribution in [0.3, 0.4) is 0 Å². The smallest absolute Gasteiger partial charge is 0.0574 e. The van der Waals surface area contributed by atoms with Crippen LogP contribution >= 0.6 is 0 Å². The van der Waals surface area contributed by atoms with Crippen molar-refractivity contribution in [3.05, 3.63) is 24.9 Å². The molecule has 0 saturated heterocycles. The Labute approximate surface area is 49.6 Å². The van der Waals surface area contributed by atoms with E-state index in [9.17, 15) is 0 Å². The van der Waals surface area contributed by atoms with Crippen LogP contribution in [0.15, 0.2) is 35.2 Å². The zero-order chi connectivity index (χ0) is 6.24. The molecule has 0 heterocycles. The van der Waals surface area contributed by atoms with E-state index in [0.717, 1.165) is 6.54 Å². The average Bonchev–Trinajstić information content (AvgIpc) is 1.81. The molecule has 0 atom stereocenters. The lowest BCUT2D eigenvalue weighted by Gasteiger charge is -1.72. The molecule has 0 fully saturated rings. The fourth-order valence-electron chi connectivity index (χ4n) is 0.228. The molecule has 2 nitrogen and oxygen atoms in total. The molecule has 2 heteroatoms. The first-order chi connectivity index (χ1) is 3.91. The predicted molar refractivity (Wildman–Crippen MR) is 34.7 cm³/mol. The van der Waals surface area contributed by atoms with Crippen molar-refractivity contribution in [2.45, 2.75) is 6.92 Å². The van der Waals surface area contributed by atoms with Gasteiger partial charge in [-0.25, -0.2) is 0 Å². The fourth-order valence-corrected chi connectivity index (χ4v) is 0.228. The molecule has 0 aliphatic heterocycles. The Morgan fingerprint density at radius 3 is 2.88 bits per heavy atom. The van der Waals surface area contributed by atoms with Crippen LogP contribution in [0.2, 0.25) is 0 Å². The first kappa shape index (κ1) is 7.08. The van der Waals surface area contributed by atoms with E-state index in [2.05, 4.69) is 16.8 Å². The number of allylic oxidation sites excluding steroid dienone is 2. The third-order valence-electron chi connectivity index (χ3n) is 0.512. The van der Waals surface area contributed by atoms with E-state index in [1.807, 2.05) is 6.92 Å². The summed E-state index contributed by atoms with van der Waals surface area (Å²) >= 11 is 0.